The molecule has 1 aromatic heterocycles. The molecule has 0 unspecified atom stereocenters. The van der Waals surface area contributed by atoms with Crippen molar-refractivity contribution in [3.05, 3.63) is 64.9 Å². The van der Waals surface area contributed by atoms with Crippen molar-refractivity contribution in [2.45, 2.75) is 25.3 Å². The van der Waals surface area contributed by atoms with Crippen LogP contribution in [0, 0.1) is 0 Å². The zero-order valence-corrected chi connectivity index (χ0v) is 12.5. The van der Waals surface area contributed by atoms with Gasteiger partial charge in [0, 0.05) is 29.5 Å². The lowest BCUT2D eigenvalue weighted by Gasteiger charge is -2.36. The molecule has 0 radical (unpaired) electrons. The van der Waals surface area contributed by atoms with Crippen molar-refractivity contribution in [2.75, 3.05) is 6.54 Å². The number of piperidine rings is 1. The van der Waals surface area contributed by atoms with Crippen molar-refractivity contribution in [1.29, 1.82) is 0 Å². The largest absolute Gasteiger partial charge is 0.332 e. The molecule has 1 atom stereocenters. The Morgan fingerprint density at radius 1 is 1.19 bits per heavy atom. The first-order chi connectivity index (χ1) is 10.3. The number of aromatic nitrogens is 1. The normalized spacial score (nSPS) is 18.5. The van der Waals surface area contributed by atoms with Crippen LogP contribution in [0.3, 0.4) is 0 Å². The van der Waals surface area contributed by atoms with E-state index in [0.29, 0.717) is 10.6 Å². The number of carbonyl (C=O) groups is 1. The predicted octanol–water partition coefficient (Wildman–Crippen LogP) is 4.10. The highest BCUT2D eigenvalue weighted by Gasteiger charge is 2.28. The Bertz CT molecular complexity index is 612. The Labute approximate surface area is 129 Å². The minimum Gasteiger partial charge on any atom is -0.332 e. The van der Waals surface area contributed by atoms with Crippen LogP contribution in [-0.2, 0) is 0 Å². The minimum absolute atomic E-state index is 0.0696. The molecule has 0 spiro atoms. The molecule has 0 N–H and O–H groups in total. The van der Waals surface area contributed by atoms with Gasteiger partial charge in [0.05, 0.1) is 6.04 Å². The number of hydrogen-bond acceptors (Lipinski definition) is 2. The van der Waals surface area contributed by atoms with Gasteiger partial charge in [0.2, 0.25) is 0 Å². The number of hydrogen-bond donors (Lipinski definition) is 0. The molecule has 1 aromatic carbocycles. The molecule has 1 aliphatic heterocycles. The number of carbonyl (C=O) groups excluding carboxylic acids is 1. The van der Waals surface area contributed by atoms with Crippen molar-refractivity contribution in [2.24, 2.45) is 0 Å². The average Bonchev–Trinajstić information content (AvgIpc) is 2.56. The second kappa shape index (κ2) is 6.27. The molecule has 21 heavy (non-hydrogen) atoms. The smallest absolute Gasteiger partial charge is 0.254 e. The van der Waals surface area contributed by atoms with Crippen molar-refractivity contribution >= 4 is 17.5 Å². The van der Waals surface area contributed by atoms with E-state index in [1.54, 1.807) is 30.5 Å². The van der Waals surface area contributed by atoms with E-state index in [4.69, 9.17) is 11.6 Å². The third-order valence-electron chi connectivity index (χ3n) is 3.92. The molecule has 1 aliphatic rings. The van der Waals surface area contributed by atoms with Crippen molar-refractivity contribution in [3.8, 4) is 0 Å². The Morgan fingerprint density at radius 3 is 2.71 bits per heavy atom. The maximum atomic E-state index is 12.8. The molecule has 3 rings (SSSR count). The number of pyridine rings is 1. The number of benzene rings is 1. The van der Waals surface area contributed by atoms with Crippen LogP contribution in [0.25, 0.3) is 0 Å². The van der Waals surface area contributed by atoms with E-state index in [-0.39, 0.29) is 11.9 Å². The van der Waals surface area contributed by atoms with Crippen LogP contribution in [-0.4, -0.2) is 22.3 Å². The van der Waals surface area contributed by atoms with E-state index in [9.17, 15) is 4.79 Å². The number of halogens is 1. The van der Waals surface area contributed by atoms with Crippen LogP contribution in [0.2, 0.25) is 5.02 Å². The Morgan fingerprint density at radius 2 is 2.00 bits per heavy atom. The Hall–Kier alpha value is -1.87. The van der Waals surface area contributed by atoms with Gasteiger partial charge in [-0.3, -0.25) is 9.78 Å². The molecule has 1 amide bonds. The summed E-state index contributed by atoms with van der Waals surface area (Å²) in [5, 5.41) is 0.647. The van der Waals surface area contributed by atoms with Crippen LogP contribution >= 0.6 is 11.6 Å². The summed E-state index contributed by atoms with van der Waals surface area (Å²) in [5.41, 5.74) is 1.80. The molecule has 108 valence electrons. The number of likely N-dealkylation sites (tertiary alicyclic amines) is 1. The van der Waals surface area contributed by atoms with Gasteiger partial charge in [-0.15, -0.1) is 0 Å². The van der Waals surface area contributed by atoms with E-state index in [2.05, 4.69) is 4.98 Å². The maximum Gasteiger partial charge on any atom is 0.254 e. The van der Waals surface area contributed by atoms with E-state index in [1.165, 1.54) is 0 Å². The Balaban J connectivity index is 1.87. The second-order valence-corrected chi connectivity index (χ2v) is 5.74. The SMILES string of the molecule is O=C(c1ccc(Cl)cc1)N1CCCC[C@H]1c1cccnc1. The third-order valence-corrected chi connectivity index (χ3v) is 4.18. The Kier molecular flexibility index (Phi) is 4.20. The van der Waals surface area contributed by atoms with Gasteiger partial charge in [-0.25, -0.2) is 0 Å². The number of nitrogens with zero attached hydrogens (tertiary/aromatic N) is 2. The fraction of sp³-hybridized carbons (Fsp3) is 0.294. The standard InChI is InChI=1S/C17H17ClN2O/c18-15-8-6-13(7-9-15)17(21)20-11-2-1-5-16(20)14-4-3-10-19-12-14/h3-4,6-10,12,16H,1-2,5,11H2/t16-/m0/s1. The van der Waals surface area contributed by atoms with Gasteiger partial charge in [-0.1, -0.05) is 17.7 Å². The highest BCUT2D eigenvalue weighted by Crippen LogP contribution is 2.31. The first-order valence-electron chi connectivity index (χ1n) is 7.22. The molecule has 2 aromatic rings. The molecule has 1 fully saturated rings. The van der Waals surface area contributed by atoms with Crippen molar-refractivity contribution < 1.29 is 4.79 Å². The summed E-state index contributed by atoms with van der Waals surface area (Å²) in [6, 6.07) is 11.2. The van der Waals surface area contributed by atoms with Crippen LogP contribution in [0.1, 0.15) is 41.2 Å². The zero-order valence-electron chi connectivity index (χ0n) is 11.7. The van der Waals surface area contributed by atoms with Crippen LogP contribution in [0.5, 0.6) is 0 Å². The second-order valence-electron chi connectivity index (χ2n) is 5.30. The van der Waals surface area contributed by atoms with Gasteiger partial charge in [-0.2, -0.15) is 0 Å². The van der Waals surface area contributed by atoms with Gasteiger partial charge >= 0.3 is 0 Å². The molecule has 4 heteroatoms. The van der Waals surface area contributed by atoms with Crippen LogP contribution < -0.4 is 0 Å². The van der Waals surface area contributed by atoms with Crippen molar-refractivity contribution in [1.82, 2.24) is 9.88 Å². The van der Waals surface area contributed by atoms with Gasteiger partial charge in [0.25, 0.3) is 5.91 Å². The molecule has 1 saturated heterocycles. The van der Waals surface area contributed by atoms with Crippen LogP contribution in [0.4, 0.5) is 0 Å². The van der Waals surface area contributed by atoms with Gasteiger partial charge in [0.15, 0.2) is 0 Å². The highest BCUT2D eigenvalue weighted by molar-refractivity contribution is 6.30. The van der Waals surface area contributed by atoms with E-state index in [0.717, 1.165) is 31.4 Å². The maximum absolute atomic E-state index is 12.8. The summed E-state index contributed by atoms with van der Waals surface area (Å²) < 4.78 is 0. The lowest BCUT2D eigenvalue weighted by molar-refractivity contribution is 0.0611. The van der Waals surface area contributed by atoms with Crippen LogP contribution in [0.15, 0.2) is 48.8 Å². The summed E-state index contributed by atoms with van der Waals surface area (Å²) in [6.07, 6.45) is 6.81. The molecular formula is C17H17ClN2O. The monoisotopic (exact) mass is 300 g/mol. The zero-order chi connectivity index (χ0) is 14.7. The molecule has 0 bridgehead atoms. The predicted molar refractivity (Wildman–Crippen MR) is 83.3 cm³/mol. The van der Waals surface area contributed by atoms with E-state index in [1.807, 2.05) is 23.2 Å². The minimum atomic E-state index is 0.0696. The molecule has 0 aliphatic carbocycles. The molecule has 3 nitrogen and oxygen atoms in total. The topological polar surface area (TPSA) is 33.2 Å². The lowest BCUT2D eigenvalue weighted by atomic mass is 9.95. The summed E-state index contributed by atoms with van der Waals surface area (Å²) in [6.45, 7) is 0.793. The highest BCUT2D eigenvalue weighted by atomic mass is 35.5. The molecular weight excluding hydrogens is 284 g/mol. The fourth-order valence-electron chi connectivity index (χ4n) is 2.85. The van der Waals surface area contributed by atoms with E-state index < -0.39 is 0 Å². The average molecular weight is 301 g/mol. The van der Waals surface area contributed by atoms with E-state index >= 15 is 0 Å². The van der Waals surface area contributed by atoms with Gasteiger partial charge in [-0.05, 0) is 55.2 Å². The number of amides is 1. The lowest BCUT2D eigenvalue weighted by Crippen LogP contribution is -2.38. The van der Waals surface area contributed by atoms with Gasteiger partial charge in [0.1, 0.15) is 0 Å². The molecule has 0 saturated carbocycles. The van der Waals surface area contributed by atoms with Gasteiger partial charge < -0.3 is 4.90 Å². The first kappa shape index (κ1) is 14.1. The summed E-state index contributed by atoms with van der Waals surface area (Å²) in [5.74, 6) is 0.0696. The summed E-state index contributed by atoms with van der Waals surface area (Å²) >= 11 is 5.89. The quantitative estimate of drug-likeness (QED) is 0.836. The summed E-state index contributed by atoms with van der Waals surface area (Å²) in [7, 11) is 0. The number of rotatable bonds is 2. The first-order valence-corrected chi connectivity index (χ1v) is 7.60. The fourth-order valence-corrected chi connectivity index (χ4v) is 2.98. The summed E-state index contributed by atoms with van der Waals surface area (Å²) in [4.78, 5) is 18.9. The van der Waals surface area contributed by atoms with Crippen molar-refractivity contribution in [3.63, 3.8) is 0 Å². The third kappa shape index (κ3) is 3.08. The molecule has 2 heterocycles.